The number of piperidine rings is 2. The van der Waals surface area contributed by atoms with E-state index in [2.05, 4.69) is 39.4 Å². The van der Waals surface area contributed by atoms with E-state index in [-0.39, 0.29) is 17.5 Å². The molecule has 0 unspecified atom stereocenters. The molecule has 1 amide bonds. The lowest BCUT2D eigenvalue weighted by Crippen LogP contribution is -2.36. The molecule has 2 heterocycles. The molecular weight excluding hydrogens is 556 g/mol. The molecule has 7 heteroatoms. The molecule has 2 saturated heterocycles. The van der Waals surface area contributed by atoms with E-state index >= 15 is 0 Å². The van der Waals surface area contributed by atoms with Crippen LogP contribution < -0.4 is 10.1 Å². The van der Waals surface area contributed by atoms with Crippen LogP contribution in [0.4, 0.5) is 8.78 Å². The molecule has 3 aromatic rings. The van der Waals surface area contributed by atoms with Gasteiger partial charge in [0.15, 0.2) is 0 Å². The van der Waals surface area contributed by atoms with Crippen LogP contribution in [0, 0.1) is 17.6 Å². The second kappa shape index (κ2) is 16.5. The van der Waals surface area contributed by atoms with Crippen molar-refractivity contribution in [2.45, 2.75) is 51.0 Å². The highest BCUT2D eigenvalue weighted by atomic mass is 19.1. The lowest BCUT2D eigenvalue weighted by Gasteiger charge is -2.31. The highest BCUT2D eigenvalue weighted by Gasteiger charge is 2.23. The third-order valence-corrected chi connectivity index (χ3v) is 8.78. The Labute approximate surface area is 260 Å². The first kappa shape index (κ1) is 31.9. The van der Waals surface area contributed by atoms with Gasteiger partial charge in [0.05, 0.1) is 12.6 Å². The van der Waals surface area contributed by atoms with Crippen molar-refractivity contribution in [3.8, 4) is 5.75 Å². The highest BCUT2D eigenvalue weighted by Crippen LogP contribution is 2.25. The van der Waals surface area contributed by atoms with Gasteiger partial charge in [0, 0.05) is 19.5 Å². The molecule has 5 nitrogen and oxygen atoms in total. The number of nitrogens with one attached hydrogen (secondary N) is 1. The molecule has 2 fully saturated rings. The third-order valence-electron chi connectivity index (χ3n) is 8.78. The van der Waals surface area contributed by atoms with Crippen LogP contribution in [0.15, 0.2) is 78.9 Å². The SMILES string of the molecule is O=C(CC1CCN(C/C=C/c2ccc(OCCCN3CCCCC3)cc2)CC1)NC(c1ccc(F)cc1)c1ccc(F)cc1. The van der Waals surface area contributed by atoms with Crippen molar-refractivity contribution >= 4 is 12.0 Å². The summed E-state index contributed by atoms with van der Waals surface area (Å²) >= 11 is 0. The first-order valence-corrected chi connectivity index (χ1v) is 16.2. The summed E-state index contributed by atoms with van der Waals surface area (Å²) in [6.07, 6.45) is 11.8. The summed E-state index contributed by atoms with van der Waals surface area (Å²) in [4.78, 5) is 18.0. The minimum atomic E-state index is -0.459. The molecule has 0 aromatic heterocycles. The maximum atomic E-state index is 13.5. The molecule has 1 N–H and O–H groups in total. The van der Waals surface area contributed by atoms with Crippen molar-refractivity contribution in [3.63, 3.8) is 0 Å². The van der Waals surface area contributed by atoms with Crippen molar-refractivity contribution in [1.82, 2.24) is 15.1 Å². The fraction of sp³-hybridized carbons (Fsp3) is 0.432. The predicted molar refractivity (Wildman–Crippen MR) is 172 cm³/mol. The van der Waals surface area contributed by atoms with Crippen molar-refractivity contribution < 1.29 is 18.3 Å². The molecule has 0 atom stereocenters. The van der Waals surface area contributed by atoms with Crippen LogP contribution in [0.25, 0.3) is 6.08 Å². The smallest absolute Gasteiger partial charge is 0.221 e. The number of nitrogens with zero attached hydrogens (tertiary/aromatic N) is 2. The number of benzene rings is 3. The summed E-state index contributed by atoms with van der Waals surface area (Å²) in [7, 11) is 0. The zero-order valence-corrected chi connectivity index (χ0v) is 25.6. The number of likely N-dealkylation sites (tertiary alicyclic amines) is 2. The molecule has 234 valence electrons. The summed E-state index contributed by atoms with van der Waals surface area (Å²) in [5.41, 5.74) is 2.69. The number of halogens is 2. The van der Waals surface area contributed by atoms with Gasteiger partial charge in [-0.15, -0.1) is 0 Å². The van der Waals surface area contributed by atoms with Gasteiger partial charge >= 0.3 is 0 Å². The average Bonchev–Trinajstić information content (AvgIpc) is 3.05. The molecule has 0 radical (unpaired) electrons. The van der Waals surface area contributed by atoms with Crippen molar-refractivity contribution in [2.75, 3.05) is 45.9 Å². The van der Waals surface area contributed by atoms with E-state index in [0.717, 1.165) is 74.5 Å². The van der Waals surface area contributed by atoms with Crippen molar-refractivity contribution in [1.29, 1.82) is 0 Å². The Kier molecular flexibility index (Phi) is 11.9. The fourth-order valence-electron chi connectivity index (χ4n) is 6.20. The van der Waals surface area contributed by atoms with E-state index in [1.54, 1.807) is 24.3 Å². The number of hydrogen-bond donors (Lipinski definition) is 1. The van der Waals surface area contributed by atoms with Gasteiger partial charge in [-0.1, -0.05) is 55.0 Å². The lowest BCUT2D eigenvalue weighted by atomic mass is 9.92. The minimum Gasteiger partial charge on any atom is -0.494 e. The van der Waals surface area contributed by atoms with Crippen LogP contribution in [0.5, 0.6) is 5.75 Å². The Balaban J connectivity index is 1.01. The van der Waals surface area contributed by atoms with Gasteiger partial charge in [-0.2, -0.15) is 0 Å². The molecule has 2 aliphatic heterocycles. The van der Waals surface area contributed by atoms with E-state index < -0.39 is 6.04 Å². The van der Waals surface area contributed by atoms with Crippen LogP contribution in [0.2, 0.25) is 0 Å². The summed E-state index contributed by atoms with van der Waals surface area (Å²) in [5.74, 6) is 0.516. The Bertz CT molecular complexity index is 1270. The van der Waals surface area contributed by atoms with Crippen molar-refractivity contribution in [3.05, 3.63) is 107 Å². The topological polar surface area (TPSA) is 44.8 Å². The fourth-order valence-corrected chi connectivity index (χ4v) is 6.20. The highest BCUT2D eigenvalue weighted by molar-refractivity contribution is 5.77. The Morgan fingerprint density at radius 1 is 0.818 bits per heavy atom. The van der Waals surface area contributed by atoms with Crippen molar-refractivity contribution in [2.24, 2.45) is 5.92 Å². The molecule has 3 aromatic carbocycles. The third kappa shape index (κ3) is 10.00. The summed E-state index contributed by atoms with van der Waals surface area (Å²) in [5, 5.41) is 3.11. The largest absolute Gasteiger partial charge is 0.494 e. The summed E-state index contributed by atoms with van der Waals surface area (Å²) < 4.78 is 33.0. The Morgan fingerprint density at radius 2 is 1.43 bits per heavy atom. The predicted octanol–water partition coefficient (Wildman–Crippen LogP) is 7.24. The molecule has 0 saturated carbocycles. The van der Waals surface area contributed by atoms with Crippen LogP contribution >= 0.6 is 0 Å². The zero-order valence-electron chi connectivity index (χ0n) is 25.6. The molecule has 0 aliphatic carbocycles. The monoisotopic (exact) mass is 601 g/mol. The number of amides is 1. The van der Waals surface area contributed by atoms with Crippen LogP contribution in [0.3, 0.4) is 0 Å². The van der Waals surface area contributed by atoms with E-state index in [9.17, 15) is 13.6 Å². The molecule has 5 rings (SSSR count). The van der Waals surface area contributed by atoms with Gasteiger partial charge in [0.2, 0.25) is 5.91 Å². The summed E-state index contributed by atoms with van der Waals surface area (Å²) in [6.45, 7) is 7.13. The number of carbonyl (C=O) groups excluding carboxylic acids is 1. The van der Waals surface area contributed by atoms with E-state index in [1.165, 1.54) is 56.6 Å². The Hall–Kier alpha value is -3.55. The molecule has 0 bridgehead atoms. The first-order chi connectivity index (χ1) is 21.5. The molecule has 0 spiro atoms. The maximum absolute atomic E-state index is 13.5. The van der Waals surface area contributed by atoms with Crippen LogP contribution in [-0.4, -0.2) is 61.6 Å². The number of hydrogen-bond acceptors (Lipinski definition) is 4. The van der Waals surface area contributed by atoms with Crippen LogP contribution in [-0.2, 0) is 4.79 Å². The molecule has 44 heavy (non-hydrogen) atoms. The Morgan fingerprint density at radius 3 is 2.05 bits per heavy atom. The molecule has 2 aliphatic rings. The standard InChI is InChI=1S/C37H45F2N3O2/c38-33-13-9-31(10-14-33)37(32-11-15-34(39)16-12-32)40-36(43)28-30-19-25-42(26-20-30)23-4-6-29-7-17-35(18-8-29)44-27-5-24-41-21-2-1-3-22-41/h4,6-18,30,37H,1-3,5,19-28H2,(H,40,43)/b6-4+. The lowest BCUT2D eigenvalue weighted by molar-refractivity contribution is -0.122. The average molecular weight is 602 g/mol. The minimum absolute atomic E-state index is 0.0450. The van der Waals surface area contributed by atoms with E-state index in [4.69, 9.17) is 4.74 Å². The number of rotatable bonds is 13. The second-order valence-corrected chi connectivity index (χ2v) is 12.1. The molecular formula is C37H45F2N3O2. The maximum Gasteiger partial charge on any atom is 0.221 e. The van der Waals surface area contributed by atoms with E-state index in [0.29, 0.717) is 12.3 Å². The van der Waals surface area contributed by atoms with Gasteiger partial charge in [-0.05, 0) is 117 Å². The van der Waals surface area contributed by atoms with E-state index in [1.807, 2.05) is 12.1 Å². The van der Waals surface area contributed by atoms with Gasteiger partial charge in [-0.25, -0.2) is 8.78 Å². The van der Waals surface area contributed by atoms with Gasteiger partial charge in [0.1, 0.15) is 17.4 Å². The second-order valence-electron chi connectivity index (χ2n) is 12.1. The normalized spacial score (nSPS) is 16.9. The quantitative estimate of drug-likeness (QED) is 0.210. The summed E-state index contributed by atoms with van der Waals surface area (Å²) in [6, 6.07) is 20.0. The van der Waals surface area contributed by atoms with Gasteiger partial charge < -0.3 is 15.0 Å². The first-order valence-electron chi connectivity index (χ1n) is 16.2. The van der Waals surface area contributed by atoms with Gasteiger partial charge in [0.25, 0.3) is 0 Å². The number of carbonyl (C=O) groups is 1. The van der Waals surface area contributed by atoms with Gasteiger partial charge in [-0.3, -0.25) is 9.69 Å². The van der Waals surface area contributed by atoms with Crippen LogP contribution in [0.1, 0.15) is 67.7 Å². The zero-order chi connectivity index (χ0) is 30.6. The number of ether oxygens (including phenoxy) is 1.